The molecule has 2 aliphatic rings. The molecule has 5 aromatic rings. The Bertz CT molecular complexity index is 1960. The van der Waals surface area contributed by atoms with Crippen molar-refractivity contribution in [2.45, 2.75) is 78.4 Å². The second-order valence-electron chi connectivity index (χ2n) is 15.0. The molecule has 2 fully saturated rings. The van der Waals surface area contributed by atoms with Crippen LogP contribution < -0.4 is 5.32 Å². The van der Waals surface area contributed by atoms with Gasteiger partial charge >= 0.3 is 0 Å². The van der Waals surface area contributed by atoms with Crippen LogP contribution in [0.25, 0.3) is 33.6 Å². The highest BCUT2D eigenvalue weighted by Crippen LogP contribution is 2.35. The molecule has 0 saturated carbocycles. The van der Waals surface area contributed by atoms with Gasteiger partial charge < -0.3 is 25.1 Å². The number of aromatic amines is 2. The number of pyridine rings is 1. The van der Waals surface area contributed by atoms with Gasteiger partial charge in [-0.05, 0) is 71.9 Å². The standard InChI is InChI=1S/C42H50N8O2/c1-26(2)28(5)41(51)49-21-7-10-36(49)39-44-24-34(47-39)31-16-12-29(13-17-31)30-14-18-32(19-15-30)35-25-45-40(48-35)37-11-8-22-50(37)42(52)38(27(3)4)46-33-9-6-20-43-23-33/h6,9,12-20,23-28,36-38,46H,7-8,10-11,21-22H2,1-5H3,(H,44,47)(H,45,48)/t28-,36-,37-,38?/m0/s1. The number of nitrogens with one attached hydrogen (secondary N) is 3. The number of rotatable bonds is 11. The van der Waals surface area contributed by atoms with Crippen LogP contribution in [-0.2, 0) is 9.59 Å². The molecule has 0 radical (unpaired) electrons. The lowest BCUT2D eigenvalue weighted by Gasteiger charge is -2.30. The van der Waals surface area contributed by atoms with Crippen molar-refractivity contribution in [3.63, 3.8) is 0 Å². The Hall–Kier alpha value is -5.25. The maximum Gasteiger partial charge on any atom is 0.245 e. The minimum atomic E-state index is -0.351. The molecule has 5 heterocycles. The SMILES string of the molecule is CC(C)C(Nc1cccnc1)C(=O)N1CCC[C@H]1c1ncc(-c2ccc(-c3ccc(-c4cnc([C@@H]5CCCN5C(=O)[C@@H](C)C(C)C)[nH]4)cc3)cc2)[nH]1. The highest BCUT2D eigenvalue weighted by atomic mass is 16.2. The molecule has 0 spiro atoms. The van der Waals surface area contributed by atoms with Crippen LogP contribution >= 0.6 is 0 Å². The van der Waals surface area contributed by atoms with Crippen molar-refractivity contribution in [1.29, 1.82) is 0 Å². The highest BCUT2D eigenvalue weighted by molar-refractivity contribution is 5.85. The summed E-state index contributed by atoms with van der Waals surface area (Å²) >= 11 is 0. The van der Waals surface area contributed by atoms with Gasteiger partial charge in [0.25, 0.3) is 0 Å². The first kappa shape index (κ1) is 35.2. The lowest BCUT2D eigenvalue weighted by molar-refractivity contribution is -0.137. The molecule has 0 aliphatic carbocycles. The molecule has 1 unspecified atom stereocenters. The summed E-state index contributed by atoms with van der Waals surface area (Å²) in [7, 11) is 0. The summed E-state index contributed by atoms with van der Waals surface area (Å²) < 4.78 is 0. The van der Waals surface area contributed by atoms with E-state index in [4.69, 9.17) is 9.97 Å². The molecule has 4 atom stereocenters. The number of amides is 2. The summed E-state index contributed by atoms with van der Waals surface area (Å²) in [5.41, 5.74) is 7.07. The molecule has 10 nitrogen and oxygen atoms in total. The number of likely N-dealkylation sites (tertiary alicyclic amines) is 2. The molecule has 270 valence electrons. The fourth-order valence-electron chi connectivity index (χ4n) is 7.49. The molecule has 52 heavy (non-hydrogen) atoms. The third kappa shape index (κ3) is 7.24. The van der Waals surface area contributed by atoms with E-state index in [2.05, 4.69) is 96.5 Å². The van der Waals surface area contributed by atoms with Gasteiger partial charge in [-0.1, -0.05) is 83.1 Å². The van der Waals surface area contributed by atoms with Crippen LogP contribution in [0.3, 0.4) is 0 Å². The number of imidazole rings is 2. The van der Waals surface area contributed by atoms with Crippen molar-refractivity contribution in [2.24, 2.45) is 17.8 Å². The average molecular weight is 699 g/mol. The first-order valence-corrected chi connectivity index (χ1v) is 18.8. The molecule has 10 heteroatoms. The Labute approximate surface area is 306 Å². The average Bonchev–Trinajstić information content (AvgIpc) is 4.00. The van der Waals surface area contributed by atoms with Crippen LogP contribution in [0.4, 0.5) is 5.69 Å². The first-order valence-electron chi connectivity index (χ1n) is 18.8. The number of nitrogens with zero attached hydrogens (tertiary/aromatic N) is 5. The topological polar surface area (TPSA) is 123 Å². The number of H-pyrrole nitrogens is 2. The zero-order valence-electron chi connectivity index (χ0n) is 30.8. The quantitative estimate of drug-likeness (QED) is 0.128. The summed E-state index contributed by atoms with van der Waals surface area (Å²) in [4.78, 5) is 51.7. The molecule has 2 aliphatic heterocycles. The van der Waals surface area contributed by atoms with E-state index in [0.717, 1.165) is 83.2 Å². The number of aromatic nitrogens is 5. The van der Waals surface area contributed by atoms with Gasteiger partial charge in [-0.3, -0.25) is 14.6 Å². The minimum absolute atomic E-state index is 0.00168. The molecule has 3 N–H and O–H groups in total. The van der Waals surface area contributed by atoms with Gasteiger partial charge in [0.05, 0.1) is 41.6 Å². The van der Waals surface area contributed by atoms with E-state index in [9.17, 15) is 9.59 Å². The Morgan fingerprint density at radius 1 is 0.673 bits per heavy atom. The van der Waals surface area contributed by atoms with Crippen LogP contribution in [0.5, 0.6) is 0 Å². The van der Waals surface area contributed by atoms with Crippen molar-refractivity contribution in [2.75, 3.05) is 18.4 Å². The normalized spacial score (nSPS) is 18.7. The molecule has 3 aromatic heterocycles. The van der Waals surface area contributed by atoms with Crippen LogP contribution in [0.1, 0.15) is 84.0 Å². The molecular formula is C42H50N8O2. The van der Waals surface area contributed by atoms with E-state index in [0.29, 0.717) is 12.5 Å². The summed E-state index contributed by atoms with van der Waals surface area (Å²) in [5, 5.41) is 3.41. The lowest BCUT2D eigenvalue weighted by atomic mass is 9.96. The molecular weight excluding hydrogens is 649 g/mol. The maximum absolute atomic E-state index is 13.8. The zero-order valence-corrected chi connectivity index (χ0v) is 30.8. The predicted octanol–water partition coefficient (Wildman–Crippen LogP) is 8.28. The number of carbonyl (C=O) groups excluding carboxylic acids is 2. The van der Waals surface area contributed by atoms with E-state index in [1.54, 1.807) is 12.4 Å². The second-order valence-corrected chi connectivity index (χ2v) is 15.0. The van der Waals surface area contributed by atoms with Crippen LogP contribution in [-0.4, -0.2) is 65.7 Å². The van der Waals surface area contributed by atoms with E-state index in [1.807, 2.05) is 41.2 Å². The highest BCUT2D eigenvalue weighted by Gasteiger charge is 2.37. The van der Waals surface area contributed by atoms with E-state index < -0.39 is 0 Å². The summed E-state index contributed by atoms with van der Waals surface area (Å²) in [6.07, 6.45) is 11.0. The monoisotopic (exact) mass is 698 g/mol. The van der Waals surface area contributed by atoms with Gasteiger partial charge in [0.2, 0.25) is 11.8 Å². The number of benzene rings is 2. The van der Waals surface area contributed by atoms with E-state index in [1.165, 1.54) is 0 Å². The summed E-state index contributed by atoms with van der Waals surface area (Å²) in [6.45, 7) is 11.9. The van der Waals surface area contributed by atoms with Gasteiger partial charge in [0.15, 0.2) is 0 Å². The third-order valence-corrected chi connectivity index (χ3v) is 10.9. The van der Waals surface area contributed by atoms with E-state index >= 15 is 0 Å². The first-order chi connectivity index (χ1) is 25.2. The lowest BCUT2D eigenvalue weighted by Crippen LogP contribution is -2.45. The van der Waals surface area contributed by atoms with E-state index in [-0.39, 0.29) is 41.8 Å². The van der Waals surface area contributed by atoms with Gasteiger partial charge in [0.1, 0.15) is 17.7 Å². The van der Waals surface area contributed by atoms with Gasteiger partial charge in [0, 0.05) is 31.4 Å². The fourth-order valence-corrected chi connectivity index (χ4v) is 7.49. The zero-order chi connectivity index (χ0) is 36.4. The number of hydrogen-bond donors (Lipinski definition) is 3. The number of hydrogen-bond acceptors (Lipinski definition) is 6. The van der Waals surface area contributed by atoms with Crippen molar-refractivity contribution in [1.82, 2.24) is 34.7 Å². The smallest absolute Gasteiger partial charge is 0.245 e. The van der Waals surface area contributed by atoms with Gasteiger partial charge in [-0.15, -0.1) is 0 Å². The molecule has 2 amide bonds. The number of carbonyl (C=O) groups is 2. The molecule has 2 aromatic carbocycles. The van der Waals surface area contributed by atoms with Crippen molar-refractivity contribution < 1.29 is 9.59 Å². The number of anilines is 1. The van der Waals surface area contributed by atoms with Crippen molar-refractivity contribution >= 4 is 17.5 Å². The Morgan fingerprint density at radius 3 is 1.63 bits per heavy atom. The predicted molar refractivity (Wildman–Crippen MR) is 205 cm³/mol. The second kappa shape index (κ2) is 15.2. The summed E-state index contributed by atoms with van der Waals surface area (Å²) in [5.74, 6) is 2.41. The minimum Gasteiger partial charge on any atom is -0.372 e. The van der Waals surface area contributed by atoms with Gasteiger partial charge in [-0.2, -0.15) is 0 Å². The van der Waals surface area contributed by atoms with Crippen molar-refractivity contribution in [3.05, 3.63) is 97.1 Å². The Morgan fingerprint density at radius 2 is 1.17 bits per heavy atom. The Balaban J connectivity index is 1.00. The van der Waals surface area contributed by atoms with Crippen molar-refractivity contribution in [3.8, 4) is 33.6 Å². The molecule has 7 rings (SSSR count). The third-order valence-electron chi connectivity index (χ3n) is 10.9. The van der Waals surface area contributed by atoms with Crippen LogP contribution in [0, 0.1) is 17.8 Å². The van der Waals surface area contributed by atoms with Gasteiger partial charge in [-0.25, -0.2) is 9.97 Å². The summed E-state index contributed by atoms with van der Waals surface area (Å²) in [6, 6.07) is 20.4. The molecule has 0 bridgehead atoms. The molecule has 2 saturated heterocycles. The fraction of sp³-hybridized carbons (Fsp3) is 0.405. The maximum atomic E-state index is 13.8. The Kier molecular flexibility index (Phi) is 10.2. The van der Waals surface area contributed by atoms with Crippen LogP contribution in [0.15, 0.2) is 85.5 Å². The van der Waals surface area contributed by atoms with Crippen LogP contribution in [0.2, 0.25) is 0 Å². The largest absolute Gasteiger partial charge is 0.372 e.